The first-order valence-electron chi connectivity index (χ1n) is 6.36. The van der Waals surface area contributed by atoms with Crippen LogP contribution >= 0.6 is 11.3 Å². The smallest absolute Gasteiger partial charge is 0.240 e. The van der Waals surface area contributed by atoms with Crippen molar-refractivity contribution in [3.8, 4) is 0 Å². The third-order valence-electron chi connectivity index (χ3n) is 3.66. The maximum Gasteiger partial charge on any atom is 0.240 e. The summed E-state index contributed by atoms with van der Waals surface area (Å²) in [4.78, 5) is 17.9. The van der Waals surface area contributed by atoms with Crippen LogP contribution in [-0.2, 0) is 4.79 Å². The highest BCUT2D eigenvalue weighted by Crippen LogP contribution is 2.35. The Morgan fingerprint density at radius 1 is 1.42 bits per heavy atom. The molecule has 1 fully saturated rings. The number of fused-ring (bicyclic) bond motifs is 1. The van der Waals surface area contributed by atoms with Crippen molar-refractivity contribution in [2.24, 2.45) is 5.73 Å². The lowest BCUT2D eigenvalue weighted by atomic mass is 10.00. The molecule has 1 atom stereocenters. The van der Waals surface area contributed by atoms with E-state index >= 15 is 0 Å². The summed E-state index contributed by atoms with van der Waals surface area (Å²) in [6.07, 6.45) is 2.88. The van der Waals surface area contributed by atoms with Gasteiger partial charge in [0.15, 0.2) is 0 Å². The fourth-order valence-corrected chi connectivity index (χ4v) is 3.40. The Hall–Kier alpha value is -1.82. The van der Waals surface area contributed by atoms with Gasteiger partial charge in [-0.3, -0.25) is 4.79 Å². The summed E-state index contributed by atoms with van der Waals surface area (Å²) in [5, 5.41) is 0. The predicted octanol–water partition coefficient (Wildman–Crippen LogP) is 1.72. The lowest BCUT2D eigenvalue weighted by Crippen LogP contribution is -2.48. The Balaban J connectivity index is 2.06. The van der Waals surface area contributed by atoms with Crippen molar-refractivity contribution in [2.45, 2.75) is 25.3 Å². The molecule has 1 aromatic heterocycles. The number of carbonyl (C=O) groups is 1. The molecular weight excluding hydrogens is 260 g/mol. The molecule has 6 heteroatoms. The Kier molecular flexibility index (Phi) is 3.02. The number of hydrogen-bond donors (Lipinski definition) is 2. The van der Waals surface area contributed by atoms with Gasteiger partial charge in [-0.05, 0) is 31.4 Å². The number of piperidine rings is 1. The number of hydrogen-bond acceptors (Lipinski definition) is 5. The maximum atomic E-state index is 11.6. The highest BCUT2D eigenvalue weighted by atomic mass is 32.1. The summed E-state index contributed by atoms with van der Waals surface area (Å²) < 4.78 is 1.06. The van der Waals surface area contributed by atoms with E-state index in [2.05, 4.69) is 4.98 Å². The second-order valence-corrected chi connectivity index (χ2v) is 5.69. The summed E-state index contributed by atoms with van der Waals surface area (Å²) in [6.45, 7) is 0.813. The van der Waals surface area contributed by atoms with Gasteiger partial charge in [0.05, 0.1) is 21.6 Å². The number of nitrogens with two attached hydrogens (primary N) is 2. The van der Waals surface area contributed by atoms with E-state index in [0.717, 1.165) is 41.7 Å². The lowest BCUT2D eigenvalue weighted by molar-refractivity contribution is -0.119. The van der Waals surface area contributed by atoms with Gasteiger partial charge in [0.2, 0.25) is 5.91 Å². The minimum absolute atomic E-state index is 0.257. The van der Waals surface area contributed by atoms with Crippen LogP contribution in [0.5, 0.6) is 0 Å². The molecule has 1 aliphatic rings. The van der Waals surface area contributed by atoms with Gasteiger partial charge in [0.25, 0.3) is 0 Å². The fraction of sp³-hybridized carbons (Fsp3) is 0.385. The third kappa shape index (κ3) is 2.02. The molecule has 4 N–H and O–H groups in total. The van der Waals surface area contributed by atoms with E-state index in [1.165, 1.54) is 0 Å². The van der Waals surface area contributed by atoms with Crippen LogP contribution in [0.2, 0.25) is 0 Å². The van der Waals surface area contributed by atoms with Gasteiger partial charge in [-0.1, -0.05) is 0 Å². The van der Waals surface area contributed by atoms with E-state index in [4.69, 9.17) is 11.5 Å². The molecule has 5 nitrogen and oxygen atoms in total. The van der Waals surface area contributed by atoms with Crippen LogP contribution in [0.1, 0.15) is 19.3 Å². The molecule has 0 bridgehead atoms. The highest BCUT2D eigenvalue weighted by Gasteiger charge is 2.28. The summed E-state index contributed by atoms with van der Waals surface area (Å²) in [6, 6.07) is 3.72. The van der Waals surface area contributed by atoms with Crippen molar-refractivity contribution >= 4 is 38.8 Å². The highest BCUT2D eigenvalue weighted by molar-refractivity contribution is 7.16. The molecule has 1 unspecified atom stereocenters. The zero-order valence-corrected chi connectivity index (χ0v) is 11.3. The third-order valence-corrected chi connectivity index (χ3v) is 4.45. The van der Waals surface area contributed by atoms with Gasteiger partial charge >= 0.3 is 0 Å². The molecule has 2 heterocycles. The zero-order chi connectivity index (χ0) is 13.4. The SMILES string of the molecule is NC(=O)C1CCCCN1c1ccc2scnc2c1N. The van der Waals surface area contributed by atoms with Gasteiger partial charge < -0.3 is 16.4 Å². The first-order valence-corrected chi connectivity index (χ1v) is 7.24. The van der Waals surface area contributed by atoms with Crippen molar-refractivity contribution in [3.63, 3.8) is 0 Å². The summed E-state index contributed by atoms with van der Waals surface area (Å²) in [7, 11) is 0. The molecule has 1 saturated heterocycles. The van der Waals surface area contributed by atoms with Crippen molar-refractivity contribution < 1.29 is 4.79 Å². The zero-order valence-electron chi connectivity index (χ0n) is 10.5. The Morgan fingerprint density at radius 3 is 3.05 bits per heavy atom. The normalized spacial score (nSPS) is 19.8. The van der Waals surface area contributed by atoms with E-state index in [9.17, 15) is 4.79 Å². The van der Waals surface area contributed by atoms with Gasteiger partial charge in [0.1, 0.15) is 11.6 Å². The van der Waals surface area contributed by atoms with Crippen molar-refractivity contribution in [3.05, 3.63) is 17.6 Å². The van der Waals surface area contributed by atoms with Gasteiger partial charge in [0, 0.05) is 6.54 Å². The van der Waals surface area contributed by atoms with E-state index in [1.54, 1.807) is 16.8 Å². The largest absolute Gasteiger partial charge is 0.395 e. The minimum atomic E-state index is -0.280. The quantitative estimate of drug-likeness (QED) is 0.818. The van der Waals surface area contributed by atoms with Crippen molar-refractivity contribution in [1.82, 2.24) is 4.98 Å². The Morgan fingerprint density at radius 2 is 2.26 bits per heavy atom. The molecule has 19 heavy (non-hydrogen) atoms. The number of aromatic nitrogens is 1. The number of anilines is 2. The molecule has 0 radical (unpaired) electrons. The molecule has 0 spiro atoms. The number of benzene rings is 1. The van der Waals surface area contributed by atoms with E-state index in [1.807, 2.05) is 17.0 Å². The minimum Gasteiger partial charge on any atom is -0.395 e. The first-order chi connectivity index (χ1) is 9.18. The molecule has 2 aromatic rings. The maximum absolute atomic E-state index is 11.6. The number of thiazole rings is 1. The first kappa shape index (κ1) is 12.2. The number of amides is 1. The van der Waals surface area contributed by atoms with Crippen LogP contribution in [0.15, 0.2) is 17.6 Å². The second kappa shape index (κ2) is 4.70. The summed E-state index contributed by atoms with van der Waals surface area (Å²) in [5.74, 6) is -0.280. The fourth-order valence-electron chi connectivity index (χ4n) is 2.71. The molecule has 100 valence electrons. The monoisotopic (exact) mass is 276 g/mol. The van der Waals surface area contributed by atoms with E-state index < -0.39 is 0 Å². The van der Waals surface area contributed by atoms with Crippen LogP contribution in [0.25, 0.3) is 10.2 Å². The van der Waals surface area contributed by atoms with Gasteiger partial charge in [-0.2, -0.15) is 0 Å². The van der Waals surface area contributed by atoms with Crippen LogP contribution < -0.4 is 16.4 Å². The standard InChI is InChI=1S/C13H16N4OS/c14-11-8(4-5-10-12(11)16-7-19-10)17-6-2-1-3-9(17)13(15)18/h4-5,7,9H,1-3,6,14H2,(H2,15,18). The van der Waals surface area contributed by atoms with E-state index in [-0.39, 0.29) is 11.9 Å². The lowest BCUT2D eigenvalue weighted by Gasteiger charge is -2.36. The predicted molar refractivity (Wildman–Crippen MR) is 78.2 cm³/mol. The van der Waals surface area contributed by atoms with Crippen LogP contribution in [0.4, 0.5) is 11.4 Å². The molecule has 3 rings (SSSR count). The van der Waals surface area contributed by atoms with Crippen LogP contribution in [0.3, 0.4) is 0 Å². The topological polar surface area (TPSA) is 85.2 Å². The average molecular weight is 276 g/mol. The number of primary amides is 1. The number of rotatable bonds is 2. The van der Waals surface area contributed by atoms with Crippen molar-refractivity contribution in [2.75, 3.05) is 17.2 Å². The molecule has 1 aromatic carbocycles. The summed E-state index contributed by atoms with van der Waals surface area (Å²) in [5.41, 5.74) is 15.8. The number of nitrogens with zero attached hydrogens (tertiary/aromatic N) is 2. The molecular formula is C13H16N4OS. The molecule has 1 aliphatic heterocycles. The summed E-state index contributed by atoms with van der Waals surface area (Å²) >= 11 is 1.56. The van der Waals surface area contributed by atoms with Gasteiger partial charge in [-0.15, -0.1) is 11.3 Å². The van der Waals surface area contributed by atoms with Crippen LogP contribution in [-0.4, -0.2) is 23.5 Å². The second-order valence-electron chi connectivity index (χ2n) is 4.80. The number of nitrogen functional groups attached to an aromatic ring is 1. The average Bonchev–Trinajstić information content (AvgIpc) is 2.88. The van der Waals surface area contributed by atoms with E-state index in [0.29, 0.717) is 5.69 Å². The van der Waals surface area contributed by atoms with Crippen LogP contribution in [0, 0.1) is 0 Å². The molecule has 0 aliphatic carbocycles. The van der Waals surface area contributed by atoms with Crippen molar-refractivity contribution in [1.29, 1.82) is 0 Å². The van der Waals surface area contributed by atoms with Gasteiger partial charge in [-0.25, -0.2) is 4.98 Å². The molecule has 0 saturated carbocycles. The Bertz CT molecular complexity index is 624. The number of carbonyl (C=O) groups excluding carboxylic acids is 1. The Labute approximate surface area is 115 Å². The molecule has 1 amide bonds.